The topological polar surface area (TPSA) is 0 Å². The van der Waals surface area contributed by atoms with E-state index in [9.17, 15) is 0 Å². The van der Waals surface area contributed by atoms with Crippen LogP contribution in [0.15, 0.2) is 95.3 Å². The maximum atomic E-state index is 2.83. The first kappa shape index (κ1) is 28.0. The van der Waals surface area contributed by atoms with Crippen LogP contribution in [0, 0.1) is 13.8 Å². The number of aryl methyl sites for hydroxylation is 2. The van der Waals surface area contributed by atoms with Gasteiger partial charge in [-0.1, -0.05) is 0 Å². The Morgan fingerprint density at radius 2 is 1.07 bits per heavy atom. The van der Waals surface area contributed by atoms with Crippen LogP contribution in [0.25, 0.3) is 34.4 Å². The summed E-state index contributed by atoms with van der Waals surface area (Å²) in [6.07, 6.45) is 12.7. The Hall–Kier alpha value is -2.55. The summed E-state index contributed by atoms with van der Waals surface area (Å²) in [5.41, 5.74) is 15.7. The van der Waals surface area contributed by atoms with Crippen molar-refractivity contribution in [3.63, 3.8) is 0 Å². The molecule has 216 valence electrons. The van der Waals surface area contributed by atoms with Gasteiger partial charge in [0.25, 0.3) is 0 Å². The number of fused-ring (bicyclic) bond motifs is 6. The molecular weight excluding hydrogens is 699 g/mol. The van der Waals surface area contributed by atoms with Crippen molar-refractivity contribution in [2.24, 2.45) is 0 Å². The number of allylic oxidation sites excluding steroid dienone is 2. The monoisotopic (exact) mass is 744 g/mol. The van der Waals surface area contributed by atoms with E-state index < -0.39 is 28.0 Å². The van der Waals surface area contributed by atoms with Gasteiger partial charge < -0.3 is 0 Å². The third-order valence-electron chi connectivity index (χ3n) is 11.9. The van der Waals surface area contributed by atoms with E-state index in [1.54, 1.807) is 22.3 Å². The third-order valence-corrected chi connectivity index (χ3v) is 34.6. The van der Waals surface area contributed by atoms with Crippen LogP contribution in [-0.2, 0) is 20.0 Å². The van der Waals surface area contributed by atoms with E-state index in [-0.39, 0.29) is 0 Å². The van der Waals surface area contributed by atoms with E-state index in [4.69, 9.17) is 0 Å². The average Bonchev–Trinajstić information content (AvgIpc) is 3.62. The van der Waals surface area contributed by atoms with Crippen molar-refractivity contribution in [3.05, 3.63) is 129 Å². The molecule has 0 aromatic heterocycles. The number of hydrogen-bond acceptors (Lipinski definition) is 0. The molecule has 4 aromatic carbocycles. The second-order valence-corrected chi connectivity index (χ2v) is 36.4. The van der Waals surface area contributed by atoms with Crippen molar-refractivity contribution in [2.45, 2.75) is 74.7 Å². The van der Waals surface area contributed by atoms with Crippen LogP contribution < -0.4 is 0 Å². The Bertz CT molecular complexity index is 1710. The molecule has 1 saturated heterocycles. The van der Waals surface area contributed by atoms with Crippen LogP contribution in [0.4, 0.5) is 0 Å². The Morgan fingerprint density at radius 1 is 0.605 bits per heavy atom. The molecule has 0 radical (unpaired) electrons. The van der Waals surface area contributed by atoms with E-state index >= 15 is 0 Å². The zero-order chi connectivity index (χ0) is 29.5. The number of benzene rings is 4. The first-order valence-corrected chi connectivity index (χ1v) is 30.5. The van der Waals surface area contributed by atoms with E-state index in [1.165, 1.54) is 65.5 Å². The fraction of sp³-hybridized carbons (Fsp3) is 0.317. The summed E-state index contributed by atoms with van der Waals surface area (Å²) in [6, 6.07) is 33.0. The van der Waals surface area contributed by atoms with Crippen LogP contribution in [-0.4, -0.2) is 8.07 Å². The summed E-state index contributed by atoms with van der Waals surface area (Å²) in [4.78, 5) is 0. The first-order chi connectivity index (χ1) is 20.8. The molecule has 0 nitrogen and oxygen atoms in total. The molecule has 2 fully saturated rings. The summed E-state index contributed by atoms with van der Waals surface area (Å²) in [5.74, 6) is 0. The van der Waals surface area contributed by atoms with Crippen molar-refractivity contribution < 1.29 is 20.0 Å². The van der Waals surface area contributed by atoms with Crippen LogP contribution in [0.2, 0.25) is 21.4 Å². The average molecular weight is 743 g/mol. The van der Waals surface area contributed by atoms with Crippen LogP contribution in [0.1, 0.15) is 72.8 Å². The molecule has 4 aromatic rings. The van der Waals surface area contributed by atoms with E-state index in [1.807, 2.05) is 10.4 Å². The van der Waals surface area contributed by atoms with E-state index in [2.05, 4.69) is 127 Å². The Labute approximate surface area is 264 Å². The van der Waals surface area contributed by atoms with Gasteiger partial charge in [0, 0.05) is 0 Å². The van der Waals surface area contributed by atoms with Crippen molar-refractivity contribution in [3.8, 4) is 22.3 Å². The summed E-state index contributed by atoms with van der Waals surface area (Å²) in [7, 11) is -1.97. The predicted octanol–water partition coefficient (Wildman–Crippen LogP) is 12.0. The van der Waals surface area contributed by atoms with Gasteiger partial charge in [0.1, 0.15) is 0 Å². The Balaban J connectivity index is 1.38. The Kier molecular flexibility index (Phi) is 6.66. The molecule has 43 heavy (non-hydrogen) atoms. The molecule has 1 aliphatic heterocycles. The first-order valence-electron chi connectivity index (χ1n) is 16.6. The molecular formula is C41H44HfSi. The SMILES string of the molecule is Cc1cccc(-c2cccc3c2C=C2[CH]3[Hf]([CH3])([CH3])[CH]3C(=Cc4c(-c5cccc(C)c5)cccc43)[Si]2(C)C2CCCCC2)c1. The normalized spacial score (nSPS) is 25.3. The van der Waals surface area contributed by atoms with Gasteiger partial charge in [0.15, 0.2) is 0 Å². The van der Waals surface area contributed by atoms with Crippen molar-refractivity contribution in [2.75, 3.05) is 0 Å². The van der Waals surface area contributed by atoms with Crippen molar-refractivity contribution in [1.29, 1.82) is 0 Å². The third kappa shape index (κ3) is 4.15. The minimum atomic E-state index is -3.06. The predicted molar refractivity (Wildman–Crippen MR) is 185 cm³/mol. The summed E-state index contributed by atoms with van der Waals surface area (Å²) in [5, 5.41) is 3.85. The molecule has 0 amide bonds. The molecule has 0 N–H and O–H groups in total. The molecule has 1 heterocycles. The quantitative estimate of drug-likeness (QED) is 0.183. The molecule has 4 aliphatic rings. The van der Waals surface area contributed by atoms with Gasteiger partial charge >= 0.3 is 266 Å². The van der Waals surface area contributed by atoms with Crippen molar-refractivity contribution >= 4 is 20.2 Å². The number of rotatable bonds is 3. The van der Waals surface area contributed by atoms with E-state index in [0.29, 0.717) is 7.35 Å². The molecule has 1 saturated carbocycles. The summed E-state index contributed by atoms with van der Waals surface area (Å²) < 4.78 is 7.03. The van der Waals surface area contributed by atoms with E-state index in [0.717, 1.165) is 5.54 Å². The molecule has 2 heteroatoms. The zero-order valence-corrected chi connectivity index (χ0v) is 31.1. The summed E-state index contributed by atoms with van der Waals surface area (Å²) >= 11 is -3.06. The molecule has 8 rings (SSSR count). The van der Waals surface area contributed by atoms with Gasteiger partial charge in [-0.15, -0.1) is 0 Å². The van der Waals surface area contributed by atoms with Gasteiger partial charge in [0.05, 0.1) is 0 Å². The van der Waals surface area contributed by atoms with Crippen molar-refractivity contribution in [1.82, 2.24) is 0 Å². The van der Waals surface area contributed by atoms with Gasteiger partial charge in [0.2, 0.25) is 0 Å². The molecule has 2 atom stereocenters. The summed E-state index contributed by atoms with van der Waals surface area (Å²) in [6.45, 7) is 7.29. The molecule has 0 bridgehead atoms. The molecule has 0 spiro atoms. The fourth-order valence-electron chi connectivity index (χ4n) is 9.92. The van der Waals surface area contributed by atoms with Gasteiger partial charge in [-0.05, 0) is 0 Å². The van der Waals surface area contributed by atoms with Crippen LogP contribution >= 0.6 is 0 Å². The van der Waals surface area contributed by atoms with Gasteiger partial charge in [-0.25, -0.2) is 0 Å². The van der Waals surface area contributed by atoms with Gasteiger partial charge in [-0.3, -0.25) is 0 Å². The second-order valence-electron chi connectivity index (χ2n) is 14.8. The van der Waals surface area contributed by atoms with Crippen LogP contribution in [0.5, 0.6) is 0 Å². The van der Waals surface area contributed by atoms with Gasteiger partial charge in [-0.2, -0.15) is 0 Å². The molecule has 2 unspecified atom stereocenters. The van der Waals surface area contributed by atoms with Crippen LogP contribution in [0.3, 0.4) is 0 Å². The maximum absolute atomic E-state index is 3.06. The standard InChI is InChI=1S/C39H38Si.2CH3.Hf/c1-27-11-7-13-29(21-27)36-19-9-15-31-23-34(25-38(31)36)40(3,33-17-5-4-6-18-33)35-24-32-16-10-20-37(39(32)26-35)30-14-8-12-28(2)22-30;;;/h7-16,19-26,33H,4-6,17-18H2,1-3H3;2*1H3;. The minimum absolute atomic E-state index is 0.696. The molecule has 3 aliphatic carbocycles. The zero-order valence-electron chi connectivity index (χ0n) is 26.5. The second kappa shape index (κ2) is 10.2. The Morgan fingerprint density at radius 3 is 1.53 bits per heavy atom. The number of hydrogen-bond donors (Lipinski definition) is 0. The fourth-order valence-corrected chi connectivity index (χ4v) is 42.8.